The second-order valence-corrected chi connectivity index (χ2v) is 5.51. The van der Waals surface area contributed by atoms with Gasteiger partial charge in [-0.25, -0.2) is 4.79 Å². The van der Waals surface area contributed by atoms with Crippen LogP contribution >= 0.6 is 0 Å². The number of nitrogens with zero attached hydrogens (tertiary/aromatic N) is 1. The minimum absolute atomic E-state index is 0.0865. The van der Waals surface area contributed by atoms with E-state index in [1.54, 1.807) is 0 Å². The van der Waals surface area contributed by atoms with Crippen molar-refractivity contribution in [1.82, 2.24) is 15.5 Å². The van der Waals surface area contributed by atoms with E-state index in [1.165, 1.54) is 0 Å². The van der Waals surface area contributed by atoms with Crippen LogP contribution in [0.1, 0.15) is 52.9 Å². The Hall–Kier alpha value is -1.26. The molecule has 1 aliphatic heterocycles. The summed E-state index contributed by atoms with van der Waals surface area (Å²) >= 11 is 0. The van der Waals surface area contributed by atoms with Crippen molar-refractivity contribution in [3.05, 3.63) is 0 Å². The van der Waals surface area contributed by atoms with E-state index in [2.05, 4.69) is 24.5 Å². The SMILES string of the molecule is CCCNC(=O)NC1CCN(C(=O)C(CC)CC)CC1. The Bertz CT molecular complexity index is 308. The van der Waals surface area contributed by atoms with Crippen LogP contribution in [0.15, 0.2) is 0 Å². The van der Waals surface area contributed by atoms with Crippen molar-refractivity contribution >= 4 is 11.9 Å². The van der Waals surface area contributed by atoms with E-state index in [4.69, 9.17) is 0 Å². The number of urea groups is 1. The highest BCUT2D eigenvalue weighted by molar-refractivity contribution is 5.79. The molecule has 1 heterocycles. The zero-order chi connectivity index (χ0) is 15.0. The molecular weight excluding hydrogens is 254 g/mol. The van der Waals surface area contributed by atoms with Gasteiger partial charge >= 0.3 is 6.03 Å². The molecule has 0 aromatic carbocycles. The van der Waals surface area contributed by atoms with Gasteiger partial charge in [0.15, 0.2) is 0 Å². The molecule has 0 saturated carbocycles. The number of hydrogen-bond acceptors (Lipinski definition) is 2. The molecule has 0 radical (unpaired) electrons. The second-order valence-electron chi connectivity index (χ2n) is 5.51. The first-order chi connectivity index (χ1) is 9.62. The summed E-state index contributed by atoms with van der Waals surface area (Å²) in [7, 11) is 0. The first-order valence-electron chi connectivity index (χ1n) is 7.95. The molecule has 5 heteroatoms. The van der Waals surface area contributed by atoms with Gasteiger partial charge in [-0.3, -0.25) is 4.79 Å². The van der Waals surface area contributed by atoms with Crippen LogP contribution in [-0.2, 0) is 4.79 Å². The molecule has 0 bridgehead atoms. The summed E-state index contributed by atoms with van der Waals surface area (Å²) < 4.78 is 0. The Morgan fingerprint density at radius 2 is 1.75 bits per heavy atom. The van der Waals surface area contributed by atoms with Crippen LogP contribution in [0.5, 0.6) is 0 Å². The average Bonchev–Trinajstić information content (AvgIpc) is 2.47. The summed E-state index contributed by atoms with van der Waals surface area (Å²) in [6.07, 6.45) is 4.46. The van der Waals surface area contributed by atoms with Gasteiger partial charge in [-0.1, -0.05) is 20.8 Å². The molecule has 1 aliphatic rings. The van der Waals surface area contributed by atoms with E-state index in [-0.39, 0.29) is 23.9 Å². The number of carbonyl (C=O) groups is 2. The molecule has 20 heavy (non-hydrogen) atoms. The molecule has 1 rings (SSSR count). The number of nitrogens with one attached hydrogen (secondary N) is 2. The zero-order valence-corrected chi connectivity index (χ0v) is 13.1. The number of hydrogen-bond donors (Lipinski definition) is 2. The summed E-state index contributed by atoms with van der Waals surface area (Å²) in [4.78, 5) is 25.8. The molecule has 0 unspecified atom stereocenters. The minimum atomic E-state index is -0.0865. The van der Waals surface area contributed by atoms with E-state index in [0.717, 1.165) is 45.2 Å². The quantitative estimate of drug-likeness (QED) is 0.784. The predicted octanol–water partition coefficient (Wildman–Crippen LogP) is 2.12. The maximum absolute atomic E-state index is 12.3. The highest BCUT2D eigenvalue weighted by Crippen LogP contribution is 2.17. The summed E-state index contributed by atoms with van der Waals surface area (Å²) in [5.74, 6) is 0.441. The van der Waals surface area contributed by atoms with Gasteiger partial charge in [0.2, 0.25) is 5.91 Å². The first-order valence-corrected chi connectivity index (χ1v) is 7.95. The normalized spacial score (nSPS) is 16.3. The second kappa shape index (κ2) is 8.82. The fourth-order valence-corrected chi connectivity index (χ4v) is 2.62. The largest absolute Gasteiger partial charge is 0.342 e. The lowest BCUT2D eigenvalue weighted by molar-refractivity contribution is -0.136. The van der Waals surface area contributed by atoms with Crippen LogP contribution < -0.4 is 10.6 Å². The minimum Gasteiger partial charge on any atom is -0.342 e. The molecule has 2 N–H and O–H groups in total. The number of amides is 3. The molecule has 5 nitrogen and oxygen atoms in total. The molecule has 1 fully saturated rings. The van der Waals surface area contributed by atoms with E-state index >= 15 is 0 Å². The number of rotatable bonds is 6. The molecule has 116 valence electrons. The topological polar surface area (TPSA) is 61.4 Å². The van der Waals surface area contributed by atoms with Crippen LogP contribution in [0.4, 0.5) is 4.79 Å². The van der Waals surface area contributed by atoms with Gasteiger partial charge < -0.3 is 15.5 Å². The third-order valence-corrected chi connectivity index (χ3v) is 4.01. The molecule has 1 saturated heterocycles. The third kappa shape index (κ3) is 5.02. The molecular formula is C15H29N3O2. The highest BCUT2D eigenvalue weighted by Gasteiger charge is 2.26. The van der Waals surface area contributed by atoms with Gasteiger partial charge in [0.25, 0.3) is 0 Å². The van der Waals surface area contributed by atoms with Crippen molar-refractivity contribution in [2.75, 3.05) is 19.6 Å². The summed E-state index contributed by atoms with van der Waals surface area (Å²) in [6.45, 7) is 8.39. The van der Waals surface area contributed by atoms with Crippen molar-refractivity contribution in [3.8, 4) is 0 Å². The van der Waals surface area contributed by atoms with Crippen LogP contribution in [0.3, 0.4) is 0 Å². The molecule has 0 aliphatic carbocycles. The predicted molar refractivity (Wildman–Crippen MR) is 80.5 cm³/mol. The Labute approximate surface area is 122 Å². The lowest BCUT2D eigenvalue weighted by Crippen LogP contribution is -2.50. The molecule has 0 spiro atoms. The summed E-state index contributed by atoms with van der Waals surface area (Å²) in [5.41, 5.74) is 0. The van der Waals surface area contributed by atoms with Crippen LogP contribution in [0.2, 0.25) is 0 Å². The van der Waals surface area contributed by atoms with Crippen LogP contribution in [0.25, 0.3) is 0 Å². The van der Waals surface area contributed by atoms with Gasteiger partial charge in [-0.05, 0) is 32.1 Å². The van der Waals surface area contributed by atoms with Gasteiger partial charge in [0.05, 0.1) is 0 Å². The summed E-state index contributed by atoms with van der Waals surface area (Å²) in [6, 6.07) is 0.106. The van der Waals surface area contributed by atoms with Gasteiger partial charge in [-0.15, -0.1) is 0 Å². The van der Waals surface area contributed by atoms with Crippen LogP contribution in [-0.4, -0.2) is 42.5 Å². The van der Waals surface area contributed by atoms with Crippen molar-refractivity contribution in [3.63, 3.8) is 0 Å². The van der Waals surface area contributed by atoms with Crippen LogP contribution in [0, 0.1) is 5.92 Å². The smallest absolute Gasteiger partial charge is 0.315 e. The van der Waals surface area contributed by atoms with Crippen molar-refractivity contribution < 1.29 is 9.59 Å². The Morgan fingerprint density at radius 1 is 1.15 bits per heavy atom. The Morgan fingerprint density at radius 3 is 2.25 bits per heavy atom. The standard InChI is InChI=1S/C15H29N3O2/c1-4-9-16-15(20)17-13-7-10-18(11-8-13)14(19)12(5-2)6-3/h12-13H,4-11H2,1-3H3,(H2,16,17,20). The fourth-order valence-electron chi connectivity index (χ4n) is 2.62. The van der Waals surface area contributed by atoms with Gasteiger partial charge in [-0.2, -0.15) is 0 Å². The fraction of sp³-hybridized carbons (Fsp3) is 0.867. The van der Waals surface area contributed by atoms with Gasteiger partial charge in [0, 0.05) is 31.6 Å². The molecule has 0 atom stereocenters. The number of likely N-dealkylation sites (tertiary alicyclic amines) is 1. The lowest BCUT2D eigenvalue weighted by atomic mass is 9.98. The van der Waals surface area contributed by atoms with E-state index < -0.39 is 0 Å². The monoisotopic (exact) mass is 283 g/mol. The van der Waals surface area contributed by atoms with Crippen molar-refractivity contribution in [2.24, 2.45) is 5.92 Å². The first kappa shape index (κ1) is 16.8. The van der Waals surface area contributed by atoms with Crippen molar-refractivity contribution in [2.45, 2.75) is 58.9 Å². The van der Waals surface area contributed by atoms with E-state index in [0.29, 0.717) is 6.54 Å². The van der Waals surface area contributed by atoms with E-state index in [1.807, 2.05) is 11.8 Å². The molecule has 3 amide bonds. The number of piperidine rings is 1. The van der Waals surface area contributed by atoms with Crippen molar-refractivity contribution in [1.29, 1.82) is 0 Å². The highest BCUT2D eigenvalue weighted by atomic mass is 16.2. The Kier molecular flexibility index (Phi) is 7.41. The molecule has 0 aromatic rings. The van der Waals surface area contributed by atoms with Gasteiger partial charge in [0.1, 0.15) is 0 Å². The summed E-state index contributed by atoms with van der Waals surface area (Å²) in [5, 5.41) is 5.80. The zero-order valence-electron chi connectivity index (χ0n) is 13.1. The maximum atomic E-state index is 12.3. The van der Waals surface area contributed by atoms with E-state index in [9.17, 15) is 9.59 Å². The number of carbonyl (C=O) groups excluding carboxylic acids is 2. The molecule has 0 aromatic heterocycles. The lowest BCUT2D eigenvalue weighted by Gasteiger charge is -2.34. The third-order valence-electron chi connectivity index (χ3n) is 4.01. The maximum Gasteiger partial charge on any atom is 0.315 e. The average molecular weight is 283 g/mol. The Balaban J connectivity index is 2.32.